The van der Waals surface area contributed by atoms with E-state index in [0.29, 0.717) is 10.7 Å². The Bertz CT molecular complexity index is 788. The molecule has 0 aliphatic rings. The third-order valence-electron chi connectivity index (χ3n) is 3.96. The summed E-state index contributed by atoms with van der Waals surface area (Å²) in [5.41, 5.74) is 3.51. The molecule has 0 aliphatic heterocycles. The van der Waals surface area contributed by atoms with Gasteiger partial charge in [0.1, 0.15) is 0 Å². The fourth-order valence-electron chi connectivity index (χ4n) is 2.64. The van der Waals surface area contributed by atoms with Gasteiger partial charge in [0, 0.05) is 26.7 Å². The second-order valence-corrected chi connectivity index (χ2v) is 6.88. The fourth-order valence-corrected chi connectivity index (χ4v) is 2.99. The summed E-state index contributed by atoms with van der Waals surface area (Å²) in [5.74, 6) is -0.375. The van der Waals surface area contributed by atoms with Gasteiger partial charge in [-0.05, 0) is 30.7 Å². The Balaban J connectivity index is 2.10. The molecule has 0 aliphatic carbocycles. The van der Waals surface area contributed by atoms with Crippen LogP contribution < -0.4 is 15.5 Å². The second kappa shape index (κ2) is 8.72. The maximum atomic E-state index is 12.5. The van der Waals surface area contributed by atoms with Crippen molar-refractivity contribution in [2.24, 2.45) is 0 Å². The molecule has 0 heterocycles. The molecule has 0 fully saturated rings. The summed E-state index contributed by atoms with van der Waals surface area (Å²) < 4.78 is 0. The van der Waals surface area contributed by atoms with Gasteiger partial charge in [0.25, 0.3) is 0 Å². The zero-order chi connectivity index (χ0) is 19.3. The van der Waals surface area contributed by atoms with Gasteiger partial charge in [-0.1, -0.05) is 41.4 Å². The maximum Gasteiger partial charge on any atom is 0.226 e. The SMILES string of the molecule is CC(=O)NC(CC(=O)Nc1ccc(N(C)C)c(Cl)c1)c1ccc(C)cc1. The molecule has 138 valence electrons. The molecule has 0 radical (unpaired) electrons. The van der Waals surface area contributed by atoms with Crippen molar-refractivity contribution in [2.45, 2.75) is 26.3 Å². The molecule has 0 aromatic heterocycles. The van der Waals surface area contributed by atoms with Crippen molar-refractivity contribution in [3.63, 3.8) is 0 Å². The smallest absolute Gasteiger partial charge is 0.226 e. The molecular weight excluding hydrogens is 350 g/mol. The number of amides is 2. The molecule has 2 aromatic carbocycles. The van der Waals surface area contributed by atoms with E-state index in [4.69, 9.17) is 11.6 Å². The van der Waals surface area contributed by atoms with Gasteiger partial charge in [-0.25, -0.2) is 0 Å². The van der Waals surface area contributed by atoms with E-state index in [-0.39, 0.29) is 24.3 Å². The van der Waals surface area contributed by atoms with Crippen molar-refractivity contribution in [3.05, 3.63) is 58.6 Å². The van der Waals surface area contributed by atoms with Crippen LogP contribution in [0.25, 0.3) is 0 Å². The van der Waals surface area contributed by atoms with Gasteiger partial charge in [0.05, 0.1) is 23.2 Å². The summed E-state index contributed by atoms with van der Waals surface area (Å²) in [7, 11) is 3.80. The molecule has 2 rings (SSSR count). The Labute approximate surface area is 159 Å². The van der Waals surface area contributed by atoms with E-state index in [1.54, 1.807) is 12.1 Å². The summed E-state index contributed by atoms with van der Waals surface area (Å²) in [4.78, 5) is 25.9. The summed E-state index contributed by atoms with van der Waals surface area (Å²) in [6, 6.07) is 12.8. The number of carbonyl (C=O) groups excluding carboxylic acids is 2. The molecule has 0 saturated heterocycles. The van der Waals surface area contributed by atoms with Gasteiger partial charge < -0.3 is 15.5 Å². The second-order valence-electron chi connectivity index (χ2n) is 6.48. The first-order chi connectivity index (χ1) is 12.3. The predicted molar refractivity (Wildman–Crippen MR) is 107 cm³/mol. The van der Waals surface area contributed by atoms with Gasteiger partial charge in [-0.15, -0.1) is 0 Å². The van der Waals surface area contributed by atoms with Gasteiger partial charge in [-0.2, -0.15) is 0 Å². The highest BCUT2D eigenvalue weighted by Gasteiger charge is 2.17. The minimum absolute atomic E-state index is 0.135. The largest absolute Gasteiger partial charge is 0.376 e. The van der Waals surface area contributed by atoms with E-state index < -0.39 is 0 Å². The molecule has 26 heavy (non-hydrogen) atoms. The number of nitrogens with one attached hydrogen (secondary N) is 2. The molecule has 2 aromatic rings. The van der Waals surface area contributed by atoms with Crippen LogP contribution in [-0.4, -0.2) is 25.9 Å². The first-order valence-corrected chi connectivity index (χ1v) is 8.74. The Morgan fingerprint density at radius 3 is 2.31 bits per heavy atom. The van der Waals surface area contributed by atoms with E-state index in [0.717, 1.165) is 16.8 Å². The zero-order valence-corrected chi connectivity index (χ0v) is 16.2. The molecule has 0 spiro atoms. The summed E-state index contributed by atoms with van der Waals surface area (Å²) >= 11 is 6.24. The molecular formula is C20H24ClN3O2. The van der Waals surface area contributed by atoms with Crippen LogP contribution in [0.1, 0.15) is 30.5 Å². The van der Waals surface area contributed by atoms with E-state index in [1.807, 2.05) is 56.3 Å². The van der Waals surface area contributed by atoms with E-state index in [9.17, 15) is 9.59 Å². The van der Waals surface area contributed by atoms with Crippen LogP contribution in [0.2, 0.25) is 5.02 Å². The normalized spacial score (nSPS) is 11.6. The minimum atomic E-state index is -0.385. The third kappa shape index (κ3) is 5.49. The van der Waals surface area contributed by atoms with Crippen LogP contribution in [-0.2, 0) is 9.59 Å². The van der Waals surface area contributed by atoms with Crippen LogP contribution in [0, 0.1) is 6.92 Å². The van der Waals surface area contributed by atoms with Crippen LogP contribution in [0.15, 0.2) is 42.5 Å². The van der Waals surface area contributed by atoms with Crippen molar-refractivity contribution in [1.29, 1.82) is 0 Å². The highest BCUT2D eigenvalue weighted by atomic mass is 35.5. The average molecular weight is 374 g/mol. The van der Waals surface area contributed by atoms with Gasteiger partial charge >= 0.3 is 0 Å². The molecule has 2 N–H and O–H groups in total. The number of aryl methyl sites for hydroxylation is 1. The summed E-state index contributed by atoms with van der Waals surface area (Å²) in [6.45, 7) is 3.43. The standard InChI is InChI=1S/C20H24ClN3O2/c1-13-5-7-15(8-6-13)18(22-14(2)25)12-20(26)23-16-9-10-19(24(3)4)17(21)11-16/h5-11,18H,12H2,1-4H3,(H,22,25)(H,23,26). The Hall–Kier alpha value is -2.53. The van der Waals surface area contributed by atoms with Crippen molar-refractivity contribution in [2.75, 3.05) is 24.3 Å². The highest BCUT2D eigenvalue weighted by molar-refractivity contribution is 6.33. The molecule has 1 unspecified atom stereocenters. The van der Waals surface area contributed by atoms with Crippen LogP contribution in [0.5, 0.6) is 0 Å². The average Bonchev–Trinajstić information content (AvgIpc) is 2.54. The topological polar surface area (TPSA) is 61.4 Å². The number of benzene rings is 2. The lowest BCUT2D eigenvalue weighted by atomic mass is 10.0. The maximum absolute atomic E-state index is 12.5. The molecule has 6 heteroatoms. The molecule has 1 atom stereocenters. The van der Waals surface area contributed by atoms with Crippen LogP contribution >= 0.6 is 11.6 Å². The predicted octanol–water partition coefficient (Wildman–Crippen LogP) is 3.92. The third-order valence-corrected chi connectivity index (χ3v) is 4.26. The lowest BCUT2D eigenvalue weighted by Gasteiger charge is -2.19. The van der Waals surface area contributed by atoms with Gasteiger partial charge in [0.2, 0.25) is 11.8 Å². The quantitative estimate of drug-likeness (QED) is 0.806. The Morgan fingerprint density at radius 2 is 1.77 bits per heavy atom. The van der Waals surface area contributed by atoms with Crippen molar-refractivity contribution in [3.8, 4) is 0 Å². The summed E-state index contributed by atoms with van der Waals surface area (Å²) in [6.07, 6.45) is 0.135. The number of hydrogen-bond acceptors (Lipinski definition) is 3. The van der Waals surface area contributed by atoms with E-state index >= 15 is 0 Å². The first-order valence-electron chi connectivity index (χ1n) is 8.36. The van der Waals surface area contributed by atoms with E-state index in [2.05, 4.69) is 10.6 Å². The fraction of sp³-hybridized carbons (Fsp3) is 0.300. The first kappa shape index (κ1) is 19.8. The molecule has 0 bridgehead atoms. The van der Waals surface area contributed by atoms with Crippen molar-refractivity contribution in [1.82, 2.24) is 5.32 Å². The molecule has 2 amide bonds. The van der Waals surface area contributed by atoms with Crippen molar-refractivity contribution < 1.29 is 9.59 Å². The number of rotatable bonds is 6. The minimum Gasteiger partial charge on any atom is -0.376 e. The molecule has 5 nitrogen and oxygen atoms in total. The zero-order valence-electron chi connectivity index (χ0n) is 15.5. The van der Waals surface area contributed by atoms with Crippen LogP contribution in [0.3, 0.4) is 0 Å². The summed E-state index contributed by atoms with van der Waals surface area (Å²) in [5, 5.41) is 6.24. The monoisotopic (exact) mass is 373 g/mol. The molecule has 0 saturated carbocycles. The Morgan fingerprint density at radius 1 is 1.12 bits per heavy atom. The number of hydrogen-bond donors (Lipinski definition) is 2. The Kier molecular flexibility index (Phi) is 6.64. The van der Waals surface area contributed by atoms with Gasteiger partial charge in [-0.3, -0.25) is 9.59 Å². The number of nitrogens with zero attached hydrogens (tertiary/aromatic N) is 1. The number of carbonyl (C=O) groups is 2. The van der Waals surface area contributed by atoms with Crippen LogP contribution in [0.4, 0.5) is 11.4 Å². The number of anilines is 2. The lowest BCUT2D eigenvalue weighted by molar-refractivity contribution is -0.120. The van der Waals surface area contributed by atoms with Crippen molar-refractivity contribution >= 4 is 34.8 Å². The lowest BCUT2D eigenvalue weighted by Crippen LogP contribution is -2.29. The van der Waals surface area contributed by atoms with Gasteiger partial charge in [0.15, 0.2) is 0 Å². The number of halogens is 1. The highest BCUT2D eigenvalue weighted by Crippen LogP contribution is 2.28. The van der Waals surface area contributed by atoms with E-state index in [1.165, 1.54) is 6.92 Å².